The molecule has 1 saturated heterocycles. The minimum atomic E-state index is -1.74. The zero-order valence-electron chi connectivity index (χ0n) is 18.7. The average molecular weight is 615 g/mol. The van der Waals surface area contributed by atoms with Crippen molar-refractivity contribution in [3.8, 4) is 0 Å². The van der Waals surface area contributed by atoms with Crippen LogP contribution in [-0.4, -0.2) is 45.0 Å². The van der Waals surface area contributed by atoms with Crippen molar-refractivity contribution in [2.24, 2.45) is 0 Å². The van der Waals surface area contributed by atoms with Crippen LogP contribution >= 0.6 is 50.7 Å². The molecule has 3 atom stereocenters. The van der Waals surface area contributed by atoms with Gasteiger partial charge in [0.15, 0.2) is 0 Å². The van der Waals surface area contributed by atoms with Crippen molar-refractivity contribution in [2.75, 3.05) is 6.61 Å². The summed E-state index contributed by atoms with van der Waals surface area (Å²) in [4.78, 5) is 51.9. The van der Waals surface area contributed by atoms with E-state index in [2.05, 4.69) is 21.2 Å². The normalized spacial score (nSPS) is 25.4. The fraction of sp³-hybridized carbons (Fsp3) is 0.360. The summed E-state index contributed by atoms with van der Waals surface area (Å²) >= 11 is 20.8. The number of esters is 1. The highest BCUT2D eigenvalue weighted by atomic mass is 79.9. The van der Waals surface area contributed by atoms with E-state index in [1.165, 1.54) is 4.90 Å². The maximum atomic E-state index is 13.3. The highest BCUT2D eigenvalue weighted by Crippen LogP contribution is 2.61. The highest BCUT2D eigenvalue weighted by molar-refractivity contribution is 9.10. The lowest BCUT2D eigenvalue weighted by Crippen LogP contribution is -2.52. The summed E-state index contributed by atoms with van der Waals surface area (Å²) in [5.74, 6) is -1.81. The summed E-state index contributed by atoms with van der Waals surface area (Å²) in [5, 5.41) is 2.31. The quantitative estimate of drug-likeness (QED) is 0.303. The Morgan fingerprint density at radius 1 is 1.14 bits per heavy atom. The van der Waals surface area contributed by atoms with Crippen LogP contribution in [0.15, 0.2) is 46.9 Å². The summed E-state index contributed by atoms with van der Waals surface area (Å²) in [5.41, 5.74) is 1.88. The highest BCUT2D eigenvalue weighted by Gasteiger charge is 2.63. The number of nitrogens with one attached hydrogen (secondary N) is 1. The number of hydrogen-bond acceptors (Lipinski definition) is 5. The first-order valence-corrected chi connectivity index (χ1v) is 13.2. The third kappa shape index (κ3) is 4.64. The molecule has 2 fully saturated rings. The van der Waals surface area contributed by atoms with E-state index in [9.17, 15) is 19.2 Å². The smallest absolute Gasteiger partial charge is 0.317 e. The molecule has 2 aliphatic heterocycles. The standard InChI is InChI=1S/C25H20BrCl3N2O5/c26-16-5-3-15(4-6-16)24(23(35)36-12-25(27,28)29)10-18(24)13-1-2-14-11-31(22(34)17(14)9-13)19-7-8-20(32)30-21(19)33/h1-6,9,18-19H,7-8,10-12H2,(H,30,32,33)/t18-,19?,24-/m0/s1. The summed E-state index contributed by atoms with van der Waals surface area (Å²) < 4.78 is 4.54. The second kappa shape index (κ2) is 9.31. The van der Waals surface area contributed by atoms with Crippen molar-refractivity contribution in [3.05, 3.63) is 69.2 Å². The first kappa shape index (κ1) is 25.5. The molecule has 2 heterocycles. The Morgan fingerprint density at radius 2 is 1.86 bits per heavy atom. The van der Waals surface area contributed by atoms with E-state index in [1.807, 2.05) is 36.4 Å². The molecule has 0 spiro atoms. The van der Waals surface area contributed by atoms with Gasteiger partial charge in [0.1, 0.15) is 18.1 Å². The molecule has 2 aromatic rings. The monoisotopic (exact) mass is 612 g/mol. The number of imide groups is 1. The Hall–Kier alpha value is -2.13. The molecular weight excluding hydrogens is 595 g/mol. The Balaban J connectivity index is 1.42. The van der Waals surface area contributed by atoms with Crippen LogP contribution in [-0.2, 0) is 31.1 Å². The van der Waals surface area contributed by atoms with Crippen LogP contribution < -0.4 is 5.32 Å². The van der Waals surface area contributed by atoms with E-state index in [0.29, 0.717) is 18.4 Å². The summed E-state index contributed by atoms with van der Waals surface area (Å²) in [7, 11) is 0. The molecule has 1 saturated carbocycles. The lowest BCUT2D eigenvalue weighted by atomic mass is 9.90. The molecule has 0 radical (unpaired) electrons. The lowest BCUT2D eigenvalue weighted by molar-refractivity contribution is -0.147. The number of carbonyl (C=O) groups is 4. The number of alkyl halides is 3. The molecule has 3 aliphatic rings. The fourth-order valence-corrected chi connectivity index (χ4v) is 5.57. The van der Waals surface area contributed by atoms with Crippen molar-refractivity contribution in [1.29, 1.82) is 0 Å². The predicted molar refractivity (Wildman–Crippen MR) is 137 cm³/mol. The van der Waals surface area contributed by atoms with E-state index in [1.54, 1.807) is 6.07 Å². The van der Waals surface area contributed by atoms with Crippen molar-refractivity contribution in [3.63, 3.8) is 0 Å². The summed E-state index contributed by atoms with van der Waals surface area (Å²) in [6, 6.07) is 12.2. The Labute approximate surface area is 230 Å². The van der Waals surface area contributed by atoms with Crippen LogP contribution in [0, 0.1) is 0 Å². The van der Waals surface area contributed by atoms with Gasteiger partial charge in [-0.1, -0.05) is 75.0 Å². The predicted octanol–water partition coefficient (Wildman–Crippen LogP) is 4.55. The number of fused-ring (bicyclic) bond motifs is 1. The van der Waals surface area contributed by atoms with Gasteiger partial charge >= 0.3 is 5.97 Å². The second-order valence-electron chi connectivity index (χ2n) is 9.24. The molecule has 2 aromatic carbocycles. The minimum Gasteiger partial charge on any atom is -0.460 e. The molecule has 7 nitrogen and oxygen atoms in total. The SMILES string of the molecule is O=C1CCC(N2Cc3ccc([C@@H]4C[C@]4(C(=O)OCC(Cl)(Cl)Cl)c4ccc(Br)cc4)cc3C2=O)C(=O)N1. The third-order valence-corrected chi connectivity index (χ3v) is 7.86. The molecule has 1 aliphatic carbocycles. The fourth-order valence-electron chi connectivity index (χ4n) is 5.14. The Morgan fingerprint density at radius 3 is 2.53 bits per heavy atom. The molecule has 1 N–H and O–H groups in total. The molecule has 1 unspecified atom stereocenters. The van der Waals surface area contributed by atoms with E-state index >= 15 is 0 Å². The van der Waals surface area contributed by atoms with Crippen LogP contribution in [0.5, 0.6) is 0 Å². The van der Waals surface area contributed by atoms with Gasteiger partial charge < -0.3 is 9.64 Å². The van der Waals surface area contributed by atoms with Crippen molar-refractivity contribution >= 4 is 74.4 Å². The summed E-state index contributed by atoms with van der Waals surface area (Å²) in [6.45, 7) is -0.0976. The molecule has 3 amide bonds. The molecule has 0 bridgehead atoms. The van der Waals surface area contributed by atoms with Crippen molar-refractivity contribution in [1.82, 2.24) is 10.2 Å². The van der Waals surface area contributed by atoms with Gasteiger partial charge in [-0.15, -0.1) is 0 Å². The van der Waals surface area contributed by atoms with Crippen LogP contribution in [0.4, 0.5) is 0 Å². The van der Waals surface area contributed by atoms with Gasteiger partial charge in [0.2, 0.25) is 15.6 Å². The van der Waals surface area contributed by atoms with E-state index < -0.39 is 27.1 Å². The number of nitrogens with zero attached hydrogens (tertiary/aromatic N) is 1. The molecular formula is C25H20BrCl3N2O5. The first-order chi connectivity index (χ1) is 17.0. The number of carbonyl (C=O) groups excluding carboxylic acids is 4. The van der Waals surface area contributed by atoms with Gasteiger partial charge in [0, 0.05) is 28.9 Å². The lowest BCUT2D eigenvalue weighted by Gasteiger charge is -2.29. The van der Waals surface area contributed by atoms with Gasteiger partial charge in [-0.05, 0) is 47.7 Å². The number of piperidine rings is 1. The van der Waals surface area contributed by atoms with Crippen LogP contribution in [0.1, 0.15) is 52.2 Å². The molecule has 5 rings (SSSR count). The largest absolute Gasteiger partial charge is 0.460 e. The zero-order valence-corrected chi connectivity index (χ0v) is 22.6. The Bertz CT molecular complexity index is 1280. The number of hydrogen-bond donors (Lipinski definition) is 1. The van der Waals surface area contributed by atoms with E-state index in [4.69, 9.17) is 39.5 Å². The maximum absolute atomic E-state index is 13.3. The number of ether oxygens (including phenoxy) is 1. The Kier molecular flexibility index (Phi) is 6.60. The number of halogens is 4. The average Bonchev–Trinajstić information content (AvgIpc) is 3.50. The molecule has 0 aromatic heterocycles. The second-order valence-corrected chi connectivity index (χ2v) is 12.7. The minimum absolute atomic E-state index is 0.190. The van der Waals surface area contributed by atoms with Crippen LogP contribution in [0.3, 0.4) is 0 Å². The van der Waals surface area contributed by atoms with Gasteiger partial charge in [-0.3, -0.25) is 24.5 Å². The van der Waals surface area contributed by atoms with E-state index in [0.717, 1.165) is 21.2 Å². The van der Waals surface area contributed by atoms with Crippen molar-refractivity contribution in [2.45, 2.75) is 47.0 Å². The topological polar surface area (TPSA) is 92.8 Å². The number of benzene rings is 2. The summed E-state index contributed by atoms with van der Waals surface area (Å²) in [6.07, 6.45) is 0.953. The van der Waals surface area contributed by atoms with E-state index in [-0.39, 0.29) is 37.3 Å². The number of amides is 3. The first-order valence-electron chi connectivity index (χ1n) is 11.3. The third-order valence-electron chi connectivity index (χ3n) is 7.01. The van der Waals surface area contributed by atoms with Crippen molar-refractivity contribution < 1.29 is 23.9 Å². The van der Waals surface area contributed by atoms with Crippen LogP contribution in [0.2, 0.25) is 0 Å². The molecule has 11 heteroatoms. The zero-order chi connectivity index (χ0) is 25.8. The van der Waals surface area contributed by atoms with Gasteiger partial charge in [-0.2, -0.15) is 0 Å². The number of rotatable bonds is 5. The van der Waals surface area contributed by atoms with Crippen LogP contribution in [0.25, 0.3) is 0 Å². The molecule has 188 valence electrons. The maximum Gasteiger partial charge on any atom is 0.317 e. The molecule has 36 heavy (non-hydrogen) atoms. The van der Waals surface area contributed by atoms with Gasteiger partial charge in [0.25, 0.3) is 5.91 Å². The van der Waals surface area contributed by atoms with Gasteiger partial charge in [0.05, 0.1) is 0 Å². The van der Waals surface area contributed by atoms with Gasteiger partial charge in [-0.25, -0.2) is 0 Å².